The average molecular weight is 504 g/mol. The smallest absolute Gasteiger partial charge is 0.226 e. The molecule has 2 unspecified atom stereocenters. The summed E-state index contributed by atoms with van der Waals surface area (Å²) >= 11 is 9.83. The van der Waals surface area contributed by atoms with Crippen LogP contribution in [0.25, 0.3) is 11.2 Å². The fraction of sp³-hybridized carbons (Fsp3) is 0.312. The second-order valence-corrected chi connectivity index (χ2v) is 8.66. The largest absolute Gasteiger partial charge is 0.389 e. The Hall–Kier alpha value is -1.14. The molecule has 7 nitrogen and oxygen atoms in total. The molecular formula is C16H15ClIN5O2S. The summed E-state index contributed by atoms with van der Waals surface area (Å²) in [6.07, 6.45) is -0.0440. The second-order valence-electron chi connectivity index (χ2n) is 5.93. The van der Waals surface area contributed by atoms with E-state index in [0.717, 1.165) is 9.13 Å². The molecule has 3 heterocycles. The number of nitrogens with one attached hydrogen (secondary N) is 1. The molecule has 0 amide bonds. The maximum Gasteiger partial charge on any atom is 0.226 e. The first-order valence-electron chi connectivity index (χ1n) is 7.89. The van der Waals surface area contributed by atoms with Gasteiger partial charge in [0.25, 0.3) is 0 Å². The third-order valence-corrected chi connectivity index (χ3v) is 6.36. The fourth-order valence-electron chi connectivity index (χ4n) is 2.86. The lowest BCUT2D eigenvalue weighted by Gasteiger charge is -2.17. The molecule has 1 fully saturated rings. The number of aromatic nitrogens is 4. The monoisotopic (exact) mass is 503 g/mol. The van der Waals surface area contributed by atoms with Gasteiger partial charge in [0.05, 0.1) is 12.4 Å². The number of nitrogens with zero attached hydrogens (tertiary/aromatic N) is 4. The number of anilines is 1. The molecule has 1 saturated heterocycles. The number of benzene rings is 1. The van der Waals surface area contributed by atoms with Crippen LogP contribution in [0.2, 0.25) is 5.28 Å². The third-order valence-electron chi connectivity index (χ3n) is 4.14. The lowest BCUT2D eigenvalue weighted by atomic mass is 10.2. The molecule has 10 heteroatoms. The molecule has 4 rings (SSSR count). The van der Waals surface area contributed by atoms with Gasteiger partial charge in [-0.3, -0.25) is 4.57 Å². The van der Waals surface area contributed by atoms with E-state index in [1.54, 1.807) is 10.9 Å². The highest BCUT2D eigenvalue weighted by Gasteiger charge is 2.36. The Labute approximate surface area is 172 Å². The predicted octanol–water partition coefficient (Wildman–Crippen LogP) is 2.66. The van der Waals surface area contributed by atoms with Crippen LogP contribution in [0.4, 0.5) is 5.82 Å². The van der Waals surface area contributed by atoms with E-state index in [1.807, 2.05) is 18.2 Å². The number of imidazole rings is 1. The van der Waals surface area contributed by atoms with E-state index in [1.165, 1.54) is 11.8 Å². The molecule has 0 saturated carbocycles. The number of aliphatic hydroxyl groups is 2. The Kier molecular flexibility index (Phi) is 5.24. The fourth-order valence-corrected chi connectivity index (χ4v) is 4.92. The number of rotatable bonds is 4. The quantitative estimate of drug-likeness (QED) is 0.372. The summed E-state index contributed by atoms with van der Waals surface area (Å²) in [5, 5.41) is 23.0. The van der Waals surface area contributed by atoms with Crippen LogP contribution < -0.4 is 5.32 Å². The van der Waals surface area contributed by atoms with Crippen molar-refractivity contribution in [3.63, 3.8) is 0 Å². The van der Waals surface area contributed by atoms with Crippen molar-refractivity contribution in [2.24, 2.45) is 0 Å². The van der Waals surface area contributed by atoms with Crippen LogP contribution in [-0.2, 0) is 6.54 Å². The number of fused-ring (bicyclic) bond motifs is 1. The summed E-state index contributed by atoms with van der Waals surface area (Å²) in [4.78, 5) is 12.9. The minimum atomic E-state index is -0.881. The standard InChI is InChI=1S/C16H15ClIN5O2S/c17-16-21-13(19-5-8-2-1-3-9(18)4-8)11-14(22-16)23(7-20-11)15-12(25)10(24)6-26-15/h1-4,7,10,12,15,24-25H,5-6H2,(H,19,21,22)/t10?,12?,15-/m1/s1. The van der Waals surface area contributed by atoms with Gasteiger partial charge in [0, 0.05) is 15.9 Å². The summed E-state index contributed by atoms with van der Waals surface area (Å²) < 4.78 is 2.90. The van der Waals surface area contributed by atoms with Crippen molar-refractivity contribution in [1.82, 2.24) is 19.5 Å². The first-order chi connectivity index (χ1) is 12.5. The van der Waals surface area contributed by atoms with Crippen molar-refractivity contribution in [2.75, 3.05) is 11.1 Å². The van der Waals surface area contributed by atoms with Gasteiger partial charge in [0.15, 0.2) is 17.0 Å². The maximum absolute atomic E-state index is 10.2. The number of halogens is 2. The Morgan fingerprint density at radius 3 is 2.92 bits per heavy atom. The highest BCUT2D eigenvalue weighted by Crippen LogP contribution is 2.38. The van der Waals surface area contributed by atoms with Crippen molar-refractivity contribution < 1.29 is 10.2 Å². The van der Waals surface area contributed by atoms with E-state index in [4.69, 9.17) is 11.6 Å². The SMILES string of the molecule is OC1CS[C@@H](n2cnc3c(NCc4cccc(I)c4)nc(Cl)nc32)C1O. The molecule has 0 spiro atoms. The Balaban J connectivity index is 1.66. The van der Waals surface area contributed by atoms with E-state index < -0.39 is 12.2 Å². The van der Waals surface area contributed by atoms with E-state index >= 15 is 0 Å². The zero-order chi connectivity index (χ0) is 18.3. The molecule has 0 aliphatic carbocycles. The molecule has 1 aliphatic rings. The number of hydrogen-bond acceptors (Lipinski definition) is 7. The molecule has 1 aromatic carbocycles. The number of hydrogen-bond donors (Lipinski definition) is 3. The average Bonchev–Trinajstić information content (AvgIpc) is 3.17. The van der Waals surface area contributed by atoms with Gasteiger partial charge < -0.3 is 15.5 Å². The molecular weight excluding hydrogens is 489 g/mol. The third kappa shape index (κ3) is 3.50. The molecule has 3 aromatic rings. The number of aliphatic hydroxyl groups excluding tert-OH is 2. The first-order valence-corrected chi connectivity index (χ1v) is 10.4. The maximum atomic E-state index is 10.2. The van der Waals surface area contributed by atoms with Gasteiger partial charge in [-0.25, -0.2) is 4.98 Å². The molecule has 0 radical (unpaired) electrons. The molecule has 3 N–H and O–H groups in total. The first kappa shape index (κ1) is 18.2. The van der Waals surface area contributed by atoms with Gasteiger partial charge in [-0.05, 0) is 51.9 Å². The zero-order valence-electron chi connectivity index (χ0n) is 13.4. The van der Waals surface area contributed by atoms with Crippen LogP contribution in [0.1, 0.15) is 10.9 Å². The summed E-state index contributed by atoms with van der Waals surface area (Å²) in [6, 6.07) is 8.14. The molecule has 1 aliphatic heterocycles. The van der Waals surface area contributed by atoms with Gasteiger partial charge >= 0.3 is 0 Å². The van der Waals surface area contributed by atoms with E-state index in [0.29, 0.717) is 29.3 Å². The van der Waals surface area contributed by atoms with Crippen LogP contribution in [0.15, 0.2) is 30.6 Å². The highest BCUT2D eigenvalue weighted by molar-refractivity contribution is 14.1. The van der Waals surface area contributed by atoms with Crippen LogP contribution in [0, 0.1) is 3.57 Å². The van der Waals surface area contributed by atoms with Gasteiger partial charge in [0.1, 0.15) is 11.5 Å². The second kappa shape index (κ2) is 7.47. The normalized spacial score (nSPS) is 22.8. The van der Waals surface area contributed by atoms with Gasteiger partial charge in [-0.2, -0.15) is 9.97 Å². The van der Waals surface area contributed by atoms with E-state index in [2.05, 4.69) is 48.9 Å². The Morgan fingerprint density at radius 2 is 2.19 bits per heavy atom. The lowest BCUT2D eigenvalue weighted by molar-refractivity contribution is 0.0313. The minimum absolute atomic E-state index is 0.0995. The summed E-state index contributed by atoms with van der Waals surface area (Å²) in [6.45, 7) is 0.575. The minimum Gasteiger partial charge on any atom is -0.389 e. The lowest BCUT2D eigenvalue weighted by Crippen LogP contribution is -2.27. The van der Waals surface area contributed by atoms with Gasteiger partial charge in [0.2, 0.25) is 5.28 Å². The van der Waals surface area contributed by atoms with Crippen LogP contribution in [-0.4, -0.2) is 47.7 Å². The van der Waals surface area contributed by atoms with E-state index in [-0.39, 0.29) is 10.7 Å². The highest BCUT2D eigenvalue weighted by atomic mass is 127. The van der Waals surface area contributed by atoms with Crippen molar-refractivity contribution in [1.29, 1.82) is 0 Å². The summed E-state index contributed by atoms with van der Waals surface area (Å²) in [7, 11) is 0. The molecule has 136 valence electrons. The summed E-state index contributed by atoms with van der Waals surface area (Å²) in [5.74, 6) is 0.998. The summed E-state index contributed by atoms with van der Waals surface area (Å²) in [5.41, 5.74) is 2.22. The van der Waals surface area contributed by atoms with Crippen LogP contribution in [0.3, 0.4) is 0 Å². The van der Waals surface area contributed by atoms with E-state index in [9.17, 15) is 10.2 Å². The zero-order valence-corrected chi connectivity index (χ0v) is 17.1. The van der Waals surface area contributed by atoms with Crippen molar-refractivity contribution >= 4 is 62.9 Å². The van der Waals surface area contributed by atoms with Gasteiger partial charge in [-0.1, -0.05) is 12.1 Å². The van der Waals surface area contributed by atoms with Crippen molar-refractivity contribution in [3.05, 3.63) is 45.0 Å². The van der Waals surface area contributed by atoms with Crippen molar-refractivity contribution in [2.45, 2.75) is 24.1 Å². The van der Waals surface area contributed by atoms with Crippen molar-refractivity contribution in [3.8, 4) is 0 Å². The Morgan fingerprint density at radius 1 is 1.35 bits per heavy atom. The Bertz CT molecular complexity index is 956. The topological polar surface area (TPSA) is 96.1 Å². The molecule has 26 heavy (non-hydrogen) atoms. The van der Waals surface area contributed by atoms with Crippen LogP contribution >= 0.6 is 46.0 Å². The number of thioether (sulfide) groups is 1. The predicted molar refractivity (Wildman–Crippen MR) is 110 cm³/mol. The van der Waals surface area contributed by atoms with Crippen LogP contribution in [0.5, 0.6) is 0 Å². The molecule has 2 aromatic heterocycles. The molecule has 3 atom stereocenters. The van der Waals surface area contributed by atoms with Gasteiger partial charge in [-0.15, -0.1) is 11.8 Å². The molecule has 0 bridgehead atoms.